The van der Waals surface area contributed by atoms with Crippen LogP contribution in [0, 0.1) is 0 Å². The van der Waals surface area contributed by atoms with Crippen molar-refractivity contribution < 1.29 is 0 Å². The van der Waals surface area contributed by atoms with Crippen LogP contribution in [0.2, 0.25) is 0 Å². The maximum atomic E-state index is 4.38. The first kappa shape index (κ1) is 11.2. The second kappa shape index (κ2) is 4.74. The largest absolute Gasteiger partial charge is 0.368 e. The lowest BCUT2D eigenvalue weighted by atomic mass is 10.1. The first-order valence-electron chi connectivity index (χ1n) is 5.94. The van der Waals surface area contributed by atoms with Gasteiger partial charge in [-0.15, -0.1) is 0 Å². The fourth-order valence-electron chi connectivity index (χ4n) is 2.00. The maximum Gasteiger partial charge on any atom is 0.168 e. The van der Waals surface area contributed by atoms with Crippen LogP contribution in [-0.4, -0.2) is 15.3 Å². The van der Waals surface area contributed by atoms with Gasteiger partial charge in [0.25, 0.3) is 0 Å². The van der Waals surface area contributed by atoms with Gasteiger partial charge in [0.05, 0.1) is 11.7 Å². The summed E-state index contributed by atoms with van der Waals surface area (Å²) in [5, 5.41) is 5.71. The fraction of sp³-hybridized carbons (Fsp3) is 0.143. The van der Waals surface area contributed by atoms with Crippen LogP contribution < -0.4 is 5.32 Å². The minimum Gasteiger partial charge on any atom is -0.368 e. The second-order valence-corrected chi connectivity index (χ2v) is 4.58. The number of hydrogen-bond acceptors (Lipinski definition) is 4. The van der Waals surface area contributed by atoms with Gasteiger partial charge in [0.1, 0.15) is 5.69 Å². The van der Waals surface area contributed by atoms with Gasteiger partial charge in [0.15, 0.2) is 5.82 Å². The van der Waals surface area contributed by atoms with Crippen molar-refractivity contribution in [1.82, 2.24) is 8.75 Å². The van der Waals surface area contributed by atoms with Crippen LogP contribution in [0.1, 0.15) is 6.92 Å². The average molecular weight is 255 g/mol. The summed E-state index contributed by atoms with van der Waals surface area (Å²) in [4.78, 5) is 0. The van der Waals surface area contributed by atoms with Gasteiger partial charge >= 0.3 is 0 Å². The predicted octanol–water partition coefficient (Wildman–Crippen LogP) is 3.79. The van der Waals surface area contributed by atoms with Crippen molar-refractivity contribution in [2.75, 3.05) is 11.9 Å². The molecule has 3 aromatic rings. The molecule has 0 aliphatic carbocycles. The smallest absolute Gasteiger partial charge is 0.168 e. The van der Waals surface area contributed by atoms with E-state index in [1.807, 2.05) is 0 Å². The molecule has 3 rings (SSSR count). The molecule has 0 unspecified atom stereocenters. The Morgan fingerprint density at radius 1 is 1.06 bits per heavy atom. The van der Waals surface area contributed by atoms with E-state index >= 15 is 0 Å². The number of aromatic nitrogens is 2. The Morgan fingerprint density at radius 3 is 2.72 bits per heavy atom. The van der Waals surface area contributed by atoms with Gasteiger partial charge in [0.2, 0.25) is 0 Å². The molecule has 4 heteroatoms. The first-order valence-corrected chi connectivity index (χ1v) is 6.67. The number of hydrogen-bond donors (Lipinski definition) is 1. The summed E-state index contributed by atoms with van der Waals surface area (Å²) >= 11 is 1.24. The SMILES string of the molecule is CCNc1nsnc1-c1ccc2ccccc2c1. The molecule has 0 radical (unpaired) electrons. The third-order valence-electron chi connectivity index (χ3n) is 2.86. The summed E-state index contributed by atoms with van der Waals surface area (Å²) in [7, 11) is 0. The highest BCUT2D eigenvalue weighted by Crippen LogP contribution is 2.28. The lowest BCUT2D eigenvalue weighted by Gasteiger charge is -2.04. The highest BCUT2D eigenvalue weighted by atomic mass is 32.1. The Hall–Kier alpha value is -1.94. The molecule has 0 amide bonds. The van der Waals surface area contributed by atoms with Crippen molar-refractivity contribution in [1.29, 1.82) is 0 Å². The van der Waals surface area contributed by atoms with E-state index in [4.69, 9.17) is 0 Å². The Balaban J connectivity index is 2.10. The standard InChI is InChI=1S/C14H13N3S/c1-2-15-14-13(16-18-17-14)12-8-7-10-5-3-4-6-11(10)9-12/h3-9H,2H2,1H3,(H,15,17). The van der Waals surface area contributed by atoms with Crippen molar-refractivity contribution in [3.05, 3.63) is 42.5 Å². The summed E-state index contributed by atoms with van der Waals surface area (Å²) < 4.78 is 8.66. The number of anilines is 1. The molecular formula is C14H13N3S. The molecule has 0 saturated carbocycles. The van der Waals surface area contributed by atoms with E-state index < -0.39 is 0 Å². The summed E-state index contributed by atoms with van der Waals surface area (Å²) in [5.74, 6) is 0.873. The molecule has 3 nitrogen and oxygen atoms in total. The number of fused-ring (bicyclic) bond motifs is 1. The van der Waals surface area contributed by atoms with Crippen LogP contribution in [0.25, 0.3) is 22.0 Å². The zero-order valence-corrected chi connectivity index (χ0v) is 10.9. The molecular weight excluding hydrogens is 242 g/mol. The Kier molecular flexibility index (Phi) is 2.94. The second-order valence-electron chi connectivity index (χ2n) is 4.05. The van der Waals surface area contributed by atoms with Crippen molar-refractivity contribution in [2.24, 2.45) is 0 Å². The van der Waals surface area contributed by atoms with E-state index in [1.54, 1.807) is 0 Å². The Morgan fingerprint density at radius 2 is 1.89 bits per heavy atom. The number of nitrogens with zero attached hydrogens (tertiary/aromatic N) is 2. The molecule has 0 aliphatic heterocycles. The van der Waals surface area contributed by atoms with Gasteiger partial charge in [-0.05, 0) is 23.8 Å². The Labute approximate surface area is 110 Å². The highest BCUT2D eigenvalue weighted by molar-refractivity contribution is 6.99. The van der Waals surface area contributed by atoms with Gasteiger partial charge in [-0.1, -0.05) is 36.4 Å². The van der Waals surface area contributed by atoms with Gasteiger partial charge in [-0.3, -0.25) is 0 Å². The van der Waals surface area contributed by atoms with Crippen LogP contribution >= 0.6 is 11.7 Å². The third kappa shape index (κ3) is 1.95. The molecule has 90 valence electrons. The van der Waals surface area contributed by atoms with Gasteiger partial charge in [-0.2, -0.15) is 8.75 Å². The molecule has 0 aliphatic rings. The fourth-order valence-corrected chi connectivity index (χ4v) is 2.55. The number of rotatable bonds is 3. The van der Waals surface area contributed by atoms with E-state index in [1.165, 1.54) is 22.5 Å². The van der Waals surface area contributed by atoms with E-state index in [0.717, 1.165) is 23.6 Å². The summed E-state index contributed by atoms with van der Waals surface area (Å²) in [6, 6.07) is 14.7. The molecule has 0 saturated heterocycles. The van der Waals surface area contributed by atoms with Gasteiger partial charge in [-0.25, -0.2) is 0 Å². The third-order valence-corrected chi connectivity index (χ3v) is 3.38. The van der Waals surface area contributed by atoms with Crippen LogP contribution in [0.5, 0.6) is 0 Å². The highest BCUT2D eigenvalue weighted by Gasteiger charge is 2.09. The average Bonchev–Trinajstić information content (AvgIpc) is 2.87. The first-order chi connectivity index (χ1) is 8.88. The minimum absolute atomic E-state index is 0.853. The summed E-state index contributed by atoms with van der Waals surface area (Å²) in [6.07, 6.45) is 0. The molecule has 1 N–H and O–H groups in total. The van der Waals surface area contributed by atoms with E-state index in [-0.39, 0.29) is 0 Å². The molecule has 1 aromatic heterocycles. The molecule has 0 bridgehead atoms. The molecule has 0 spiro atoms. The van der Waals surface area contributed by atoms with Crippen LogP contribution in [-0.2, 0) is 0 Å². The zero-order valence-electron chi connectivity index (χ0n) is 10.1. The van der Waals surface area contributed by atoms with E-state index in [2.05, 4.69) is 63.5 Å². The van der Waals surface area contributed by atoms with Gasteiger partial charge in [0, 0.05) is 12.1 Å². The summed E-state index contributed by atoms with van der Waals surface area (Å²) in [6.45, 7) is 2.91. The minimum atomic E-state index is 0.853. The number of nitrogens with one attached hydrogen (secondary N) is 1. The predicted molar refractivity (Wildman–Crippen MR) is 77.0 cm³/mol. The molecule has 0 atom stereocenters. The van der Waals surface area contributed by atoms with Crippen molar-refractivity contribution >= 4 is 28.3 Å². The molecule has 2 aromatic carbocycles. The topological polar surface area (TPSA) is 37.8 Å². The Bertz CT molecular complexity index is 675. The van der Waals surface area contributed by atoms with Crippen LogP contribution in [0.3, 0.4) is 0 Å². The van der Waals surface area contributed by atoms with Crippen LogP contribution in [0.15, 0.2) is 42.5 Å². The van der Waals surface area contributed by atoms with E-state index in [9.17, 15) is 0 Å². The lowest BCUT2D eigenvalue weighted by molar-refractivity contribution is 1.19. The molecule has 1 heterocycles. The lowest BCUT2D eigenvalue weighted by Crippen LogP contribution is -1.98. The normalized spacial score (nSPS) is 10.7. The van der Waals surface area contributed by atoms with E-state index in [0.29, 0.717) is 0 Å². The van der Waals surface area contributed by atoms with Crippen LogP contribution in [0.4, 0.5) is 5.82 Å². The maximum absolute atomic E-state index is 4.38. The van der Waals surface area contributed by atoms with Crippen molar-refractivity contribution in [3.8, 4) is 11.3 Å². The monoisotopic (exact) mass is 255 g/mol. The van der Waals surface area contributed by atoms with Gasteiger partial charge < -0.3 is 5.32 Å². The number of benzene rings is 2. The summed E-state index contributed by atoms with van der Waals surface area (Å²) in [5.41, 5.74) is 2.05. The quantitative estimate of drug-likeness (QED) is 0.773. The molecule has 0 fully saturated rings. The van der Waals surface area contributed by atoms with Crippen molar-refractivity contribution in [3.63, 3.8) is 0 Å². The molecule has 18 heavy (non-hydrogen) atoms. The van der Waals surface area contributed by atoms with Crippen molar-refractivity contribution in [2.45, 2.75) is 6.92 Å². The zero-order chi connectivity index (χ0) is 12.4.